The van der Waals surface area contributed by atoms with Crippen molar-refractivity contribution in [1.82, 2.24) is 9.97 Å². The highest BCUT2D eigenvalue weighted by Gasteiger charge is 2.47. The molecule has 0 unspecified atom stereocenters. The van der Waals surface area contributed by atoms with Crippen LogP contribution in [0.25, 0.3) is 0 Å². The van der Waals surface area contributed by atoms with Crippen LogP contribution in [-0.2, 0) is 0 Å². The van der Waals surface area contributed by atoms with Gasteiger partial charge in [-0.15, -0.1) is 0 Å². The fourth-order valence-corrected chi connectivity index (χ4v) is 10.6. The molecule has 6 aromatic rings. The fraction of sp³-hybridized carbons (Fsp3) is 0.255. The van der Waals surface area contributed by atoms with E-state index < -0.39 is 0 Å². The van der Waals surface area contributed by atoms with Gasteiger partial charge in [-0.05, 0) is 82.3 Å². The average Bonchev–Trinajstić information content (AvgIpc) is 3.51. The van der Waals surface area contributed by atoms with Crippen LogP contribution in [0.5, 0.6) is 0 Å². The lowest BCUT2D eigenvalue weighted by atomic mass is 9.90. The molecule has 0 amide bonds. The molecule has 0 spiro atoms. The SMILES string of the molecule is CC(C)c1cccc(C(C)C)c1N1[C](c2cc3c4c(c2)Sc2ccccc2N4c2ccccc2S3)N(c2c(C(C)C)cccc2C(C)C)c2nccnc21. The van der Waals surface area contributed by atoms with Gasteiger partial charge in [0, 0.05) is 37.5 Å². The van der Waals surface area contributed by atoms with E-state index in [0.717, 1.165) is 23.4 Å². The molecule has 3 aliphatic heterocycles. The van der Waals surface area contributed by atoms with Gasteiger partial charge < -0.3 is 4.90 Å². The van der Waals surface area contributed by atoms with Gasteiger partial charge in [-0.2, -0.15) is 0 Å². The van der Waals surface area contributed by atoms with Crippen molar-refractivity contribution in [2.45, 2.75) is 98.6 Å². The van der Waals surface area contributed by atoms with Gasteiger partial charge in [-0.1, -0.05) is 140 Å². The highest BCUT2D eigenvalue weighted by atomic mass is 32.2. The lowest BCUT2D eigenvalue weighted by molar-refractivity contribution is 0.804. The van der Waals surface area contributed by atoms with E-state index in [1.54, 1.807) is 0 Å². The fourth-order valence-electron chi connectivity index (χ4n) is 8.31. The standard InChI is InChI=1S/C47H46N5S2/c1-27(2)32-15-13-16-33(28(3)4)42(32)51-45-46(49-24-23-48-45)52(43-34(29(5)6)17-14-18-35(43)30(7)8)47(51)31-25-40-44-41(26-31)54-39-22-12-10-20-37(39)50(44)36-19-9-11-21-38(36)53-40/h9-30H,1-8H3. The van der Waals surface area contributed by atoms with Crippen molar-refractivity contribution in [1.29, 1.82) is 0 Å². The second kappa shape index (κ2) is 13.5. The molecule has 1 radical (unpaired) electrons. The minimum absolute atomic E-state index is 0.292. The second-order valence-corrected chi connectivity index (χ2v) is 17.9. The summed E-state index contributed by atoms with van der Waals surface area (Å²) in [4.78, 5) is 22.8. The molecule has 0 N–H and O–H groups in total. The molecule has 54 heavy (non-hydrogen) atoms. The Morgan fingerprint density at radius 3 is 1.20 bits per heavy atom. The van der Waals surface area contributed by atoms with E-state index >= 15 is 0 Å². The number of para-hydroxylation sites is 4. The van der Waals surface area contributed by atoms with E-state index in [9.17, 15) is 0 Å². The summed E-state index contributed by atoms with van der Waals surface area (Å²) < 4.78 is 0. The summed E-state index contributed by atoms with van der Waals surface area (Å²) in [6, 6.07) is 36.2. The minimum Gasteiger partial charge on any atom is -0.306 e. The number of fused-ring (bicyclic) bond motifs is 5. The van der Waals surface area contributed by atoms with Crippen LogP contribution in [0.15, 0.2) is 129 Å². The number of aromatic nitrogens is 2. The summed E-state index contributed by atoms with van der Waals surface area (Å²) in [6.07, 6.45) is 4.78. The third kappa shape index (κ3) is 5.45. The van der Waals surface area contributed by atoms with Crippen LogP contribution >= 0.6 is 23.5 Å². The Morgan fingerprint density at radius 2 is 0.815 bits per heavy atom. The molecule has 4 heterocycles. The Bertz CT molecular complexity index is 2200. The van der Waals surface area contributed by atoms with Crippen molar-refractivity contribution in [3.05, 3.63) is 143 Å². The molecule has 0 saturated carbocycles. The third-order valence-corrected chi connectivity index (χ3v) is 13.0. The summed E-state index contributed by atoms with van der Waals surface area (Å²) in [5.41, 5.74) is 12.5. The van der Waals surface area contributed by atoms with Crippen molar-refractivity contribution in [2.24, 2.45) is 0 Å². The maximum absolute atomic E-state index is 5.21. The van der Waals surface area contributed by atoms with Crippen LogP contribution in [0.4, 0.5) is 40.1 Å². The minimum atomic E-state index is 0.292. The van der Waals surface area contributed by atoms with Crippen molar-refractivity contribution in [2.75, 3.05) is 14.7 Å². The summed E-state index contributed by atoms with van der Waals surface area (Å²) in [6.45, 7) is 18.4. The van der Waals surface area contributed by atoms with Gasteiger partial charge in [0.05, 0.1) is 28.4 Å². The van der Waals surface area contributed by atoms with Crippen LogP contribution < -0.4 is 14.7 Å². The van der Waals surface area contributed by atoms with Gasteiger partial charge >= 0.3 is 0 Å². The molecule has 5 aromatic carbocycles. The maximum Gasteiger partial charge on any atom is 0.199 e. The van der Waals surface area contributed by atoms with Gasteiger partial charge in [0.15, 0.2) is 17.8 Å². The van der Waals surface area contributed by atoms with Crippen LogP contribution in [0.2, 0.25) is 0 Å². The van der Waals surface area contributed by atoms with E-state index in [4.69, 9.17) is 9.97 Å². The lowest BCUT2D eigenvalue weighted by Crippen LogP contribution is -2.34. The first-order valence-corrected chi connectivity index (χ1v) is 20.8. The molecule has 0 aliphatic carbocycles. The molecule has 271 valence electrons. The zero-order valence-corrected chi connectivity index (χ0v) is 33.9. The van der Waals surface area contributed by atoms with E-state index in [1.807, 2.05) is 35.9 Å². The van der Waals surface area contributed by atoms with Crippen molar-refractivity contribution in [3.8, 4) is 0 Å². The van der Waals surface area contributed by atoms with E-state index in [-0.39, 0.29) is 0 Å². The highest BCUT2D eigenvalue weighted by molar-refractivity contribution is 8.00. The molecule has 0 saturated heterocycles. The van der Waals surface area contributed by atoms with Gasteiger partial charge in [0.2, 0.25) is 0 Å². The second-order valence-electron chi connectivity index (χ2n) is 15.7. The number of anilines is 7. The Morgan fingerprint density at radius 1 is 0.426 bits per heavy atom. The van der Waals surface area contributed by atoms with Gasteiger partial charge in [0.1, 0.15) is 0 Å². The predicted molar refractivity (Wildman–Crippen MR) is 227 cm³/mol. The molecule has 3 aliphatic rings. The average molecular weight is 745 g/mol. The molecular formula is C47H46N5S2. The smallest absolute Gasteiger partial charge is 0.199 e. The Hall–Kier alpha value is -4.72. The van der Waals surface area contributed by atoms with Crippen LogP contribution in [-0.4, -0.2) is 9.97 Å². The first-order valence-electron chi connectivity index (χ1n) is 19.2. The zero-order valence-electron chi connectivity index (χ0n) is 32.3. The monoisotopic (exact) mass is 744 g/mol. The van der Waals surface area contributed by atoms with E-state index in [1.165, 1.54) is 70.3 Å². The third-order valence-electron chi connectivity index (χ3n) is 10.8. The largest absolute Gasteiger partial charge is 0.306 e. The number of benzene rings is 5. The van der Waals surface area contributed by atoms with Crippen LogP contribution in [0, 0.1) is 6.17 Å². The first-order chi connectivity index (χ1) is 26.1. The maximum atomic E-state index is 5.21. The zero-order chi connectivity index (χ0) is 37.4. The van der Waals surface area contributed by atoms with Crippen molar-refractivity contribution in [3.63, 3.8) is 0 Å². The van der Waals surface area contributed by atoms with Crippen molar-refractivity contribution < 1.29 is 0 Å². The van der Waals surface area contributed by atoms with E-state index in [2.05, 4.69) is 167 Å². The summed E-state index contributed by atoms with van der Waals surface area (Å²) >= 11 is 3.74. The first kappa shape index (κ1) is 35.0. The van der Waals surface area contributed by atoms with Crippen molar-refractivity contribution >= 4 is 63.6 Å². The highest BCUT2D eigenvalue weighted by Crippen LogP contribution is 2.62. The molecule has 9 rings (SSSR count). The molecule has 7 heteroatoms. The molecular weight excluding hydrogens is 699 g/mol. The quantitative estimate of drug-likeness (QED) is 0.161. The number of hydrogen-bond acceptors (Lipinski definition) is 7. The van der Waals surface area contributed by atoms with E-state index in [0.29, 0.717) is 23.7 Å². The Balaban J connectivity index is 1.38. The number of hydrogen-bond donors (Lipinski definition) is 0. The number of rotatable bonds is 7. The topological polar surface area (TPSA) is 35.5 Å². The Labute approximate surface area is 328 Å². The molecule has 0 bridgehead atoms. The Kier molecular flexibility index (Phi) is 8.78. The van der Waals surface area contributed by atoms with Crippen LogP contribution in [0.3, 0.4) is 0 Å². The van der Waals surface area contributed by atoms with Gasteiger partial charge in [0.25, 0.3) is 0 Å². The number of nitrogens with zero attached hydrogens (tertiary/aromatic N) is 5. The lowest BCUT2D eigenvalue weighted by Gasteiger charge is -2.40. The van der Waals surface area contributed by atoms with Gasteiger partial charge in [-0.25, -0.2) is 9.97 Å². The predicted octanol–water partition coefficient (Wildman–Crippen LogP) is 14.2. The van der Waals surface area contributed by atoms with Crippen LogP contribution in [0.1, 0.15) is 107 Å². The summed E-state index contributed by atoms with van der Waals surface area (Å²) in [5, 5.41) is 0. The summed E-state index contributed by atoms with van der Waals surface area (Å²) in [7, 11) is 0. The summed E-state index contributed by atoms with van der Waals surface area (Å²) in [5.74, 6) is 2.89. The molecule has 0 atom stereocenters. The normalized spacial score (nSPS) is 14.6. The molecule has 5 nitrogen and oxygen atoms in total. The molecule has 0 fully saturated rings. The molecule has 1 aromatic heterocycles. The van der Waals surface area contributed by atoms with Gasteiger partial charge in [-0.3, -0.25) is 9.80 Å².